The van der Waals surface area contributed by atoms with Gasteiger partial charge in [0, 0.05) is 17.8 Å². The monoisotopic (exact) mass is 297 g/mol. The van der Waals surface area contributed by atoms with Crippen LogP contribution in [0, 0.1) is 0 Å². The summed E-state index contributed by atoms with van der Waals surface area (Å²) in [5.74, 6) is -1.20. The van der Waals surface area contributed by atoms with Crippen LogP contribution in [0.4, 0.5) is 13.2 Å². The number of carboxylic acids is 1. The summed E-state index contributed by atoms with van der Waals surface area (Å²) in [6, 6.07) is 5.58. The number of methoxy groups -OCH3 is 1. The first-order chi connectivity index (χ1) is 9.82. The van der Waals surface area contributed by atoms with Gasteiger partial charge in [0.05, 0.1) is 18.2 Å². The van der Waals surface area contributed by atoms with E-state index in [2.05, 4.69) is 4.98 Å². The molecule has 1 aromatic heterocycles. The van der Waals surface area contributed by atoms with Gasteiger partial charge >= 0.3 is 12.1 Å². The van der Waals surface area contributed by atoms with Crippen LogP contribution >= 0.6 is 0 Å². The summed E-state index contributed by atoms with van der Waals surface area (Å²) in [5, 5.41) is 9.17. The van der Waals surface area contributed by atoms with Crippen LogP contribution in [0.3, 0.4) is 0 Å². The fourth-order valence-corrected chi connectivity index (χ4v) is 1.82. The number of hydrogen-bond donors (Lipinski definition) is 1. The molecule has 1 aromatic carbocycles. The van der Waals surface area contributed by atoms with Crippen LogP contribution in [-0.4, -0.2) is 23.2 Å². The molecule has 0 atom stereocenters. The van der Waals surface area contributed by atoms with E-state index in [1.165, 1.54) is 25.4 Å². The molecule has 0 radical (unpaired) electrons. The number of nitrogens with zero attached hydrogens (tertiary/aromatic N) is 1. The van der Waals surface area contributed by atoms with E-state index in [0.717, 1.165) is 18.2 Å². The zero-order valence-electron chi connectivity index (χ0n) is 10.8. The van der Waals surface area contributed by atoms with Crippen molar-refractivity contribution in [1.82, 2.24) is 4.98 Å². The molecule has 7 heteroatoms. The second-order valence-electron chi connectivity index (χ2n) is 4.16. The molecule has 0 amide bonds. The summed E-state index contributed by atoms with van der Waals surface area (Å²) in [4.78, 5) is 15.1. The van der Waals surface area contributed by atoms with Crippen LogP contribution in [-0.2, 0) is 6.18 Å². The van der Waals surface area contributed by atoms with Gasteiger partial charge in [0.15, 0.2) is 0 Å². The quantitative estimate of drug-likeness (QED) is 0.942. The fraction of sp³-hybridized carbons (Fsp3) is 0.143. The molecule has 0 saturated carbocycles. The molecule has 21 heavy (non-hydrogen) atoms. The normalized spacial score (nSPS) is 11.2. The van der Waals surface area contributed by atoms with Crippen LogP contribution in [0.2, 0.25) is 0 Å². The van der Waals surface area contributed by atoms with E-state index in [4.69, 9.17) is 4.74 Å². The molecule has 110 valence electrons. The van der Waals surface area contributed by atoms with Crippen molar-refractivity contribution in [2.75, 3.05) is 7.11 Å². The van der Waals surface area contributed by atoms with E-state index in [1.54, 1.807) is 0 Å². The Bertz CT molecular complexity index is 683. The molecule has 0 bridgehead atoms. The SMILES string of the molecule is COc1cc(C(=O)O)c(-c2cccc(C(F)(F)F)c2)cn1. The van der Waals surface area contributed by atoms with Gasteiger partial charge in [-0.15, -0.1) is 0 Å². The molecule has 1 N–H and O–H groups in total. The molecule has 0 aliphatic rings. The van der Waals surface area contributed by atoms with Crippen molar-refractivity contribution >= 4 is 5.97 Å². The Morgan fingerprint density at radius 3 is 2.57 bits per heavy atom. The molecule has 0 aliphatic carbocycles. The van der Waals surface area contributed by atoms with Crippen LogP contribution in [0.25, 0.3) is 11.1 Å². The van der Waals surface area contributed by atoms with Crippen LogP contribution < -0.4 is 4.74 Å². The maximum atomic E-state index is 12.7. The lowest BCUT2D eigenvalue weighted by molar-refractivity contribution is -0.137. The maximum Gasteiger partial charge on any atom is 0.416 e. The average Bonchev–Trinajstić information content (AvgIpc) is 2.45. The zero-order valence-corrected chi connectivity index (χ0v) is 10.8. The largest absolute Gasteiger partial charge is 0.481 e. The summed E-state index contributed by atoms with van der Waals surface area (Å²) < 4.78 is 42.9. The van der Waals surface area contributed by atoms with Crippen LogP contribution in [0.1, 0.15) is 15.9 Å². The van der Waals surface area contributed by atoms with Gasteiger partial charge in [-0.25, -0.2) is 9.78 Å². The summed E-state index contributed by atoms with van der Waals surface area (Å²) in [7, 11) is 1.32. The third-order valence-corrected chi connectivity index (χ3v) is 2.82. The minimum absolute atomic E-state index is 0.0723. The van der Waals surface area contributed by atoms with Crippen molar-refractivity contribution in [3.8, 4) is 17.0 Å². The van der Waals surface area contributed by atoms with Gasteiger partial charge < -0.3 is 9.84 Å². The number of benzene rings is 1. The Morgan fingerprint density at radius 2 is 2.00 bits per heavy atom. The molecule has 2 aromatic rings. The summed E-state index contributed by atoms with van der Waals surface area (Å²) in [6.07, 6.45) is -3.32. The number of rotatable bonds is 3. The summed E-state index contributed by atoms with van der Waals surface area (Å²) >= 11 is 0. The first-order valence-electron chi connectivity index (χ1n) is 5.78. The van der Waals surface area contributed by atoms with Crippen molar-refractivity contribution in [3.63, 3.8) is 0 Å². The predicted octanol–water partition coefficient (Wildman–Crippen LogP) is 3.47. The maximum absolute atomic E-state index is 12.7. The van der Waals surface area contributed by atoms with E-state index in [0.29, 0.717) is 0 Å². The number of aromatic nitrogens is 1. The van der Waals surface area contributed by atoms with Gasteiger partial charge in [-0.2, -0.15) is 13.2 Å². The highest BCUT2D eigenvalue weighted by Crippen LogP contribution is 2.33. The Morgan fingerprint density at radius 1 is 1.29 bits per heavy atom. The second kappa shape index (κ2) is 5.43. The topological polar surface area (TPSA) is 59.4 Å². The molecular weight excluding hydrogens is 287 g/mol. The van der Waals surface area contributed by atoms with E-state index < -0.39 is 17.7 Å². The van der Waals surface area contributed by atoms with Gasteiger partial charge in [-0.1, -0.05) is 12.1 Å². The summed E-state index contributed by atoms with van der Waals surface area (Å²) in [6.45, 7) is 0. The number of hydrogen-bond acceptors (Lipinski definition) is 3. The number of ether oxygens (including phenoxy) is 1. The molecule has 2 rings (SSSR count). The zero-order chi connectivity index (χ0) is 15.6. The number of alkyl halides is 3. The minimum Gasteiger partial charge on any atom is -0.481 e. The second-order valence-corrected chi connectivity index (χ2v) is 4.16. The van der Waals surface area contributed by atoms with Crippen LogP contribution in [0.15, 0.2) is 36.5 Å². The van der Waals surface area contributed by atoms with E-state index in [9.17, 15) is 23.1 Å². The summed E-state index contributed by atoms with van der Waals surface area (Å²) in [5.41, 5.74) is -0.819. The van der Waals surface area contributed by atoms with Gasteiger partial charge in [0.25, 0.3) is 0 Å². The standard InChI is InChI=1S/C14H10F3NO3/c1-21-12-6-10(13(19)20)11(7-18-12)8-3-2-4-9(5-8)14(15,16)17/h2-7H,1H3,(H,19,20). The van der Waals surface area contributed by atoms with Gasteiger partial charge in [0.1, 0.15) is 0 Å². The Kier molecular flexibility index (Phi) is 3.84. The number of carboxylic acid groups (broad SMARTS) is 1. The Labute approximate surface area is 117 Å². The van der Waals surface area contributed by atoms with Crippen molar-refractivity contribution in [3.05, 3.63) is 47.7 Å². The van der Waals surface area contributed by atoms with Crippen LogP contribution in [0.5, 0.6) is 5.88 Å². The number of carbonyl (C=O) groups is 1. The smallest absolute Gasteiger partial charge is 0.416 e. The number of halogens is 3. The third-order valence-electron chi connectivity index (χ3n) is 2.82. The minimum atomic E-state index is -4.50. The Hall–Kier alpha value is -2.57. The molecule has 0 fully saturated rings. The van der Waals surface area contributed by atoms with Crippen molar-refractivity contribution in [1.29, 1.82) is 0 Å². The highest BCUT2D eigenvalue weighted by Gasteiger charge is 2.30. The lowest BCUT2D eigenvalue weighted by atomic mass is 10.00. The first-order valence-corrected chi connectivity index (χ1v) is 5.78. The fourth-order valence-electron chi connectivity index (χ4n) is 1.82. The van der Waals surface area contributed by atoms with Gasteiger partial charge in [-0.3, -0.25) is 0 Å². The number of aromatic carboxylic acids is 1. The molecule has 0 aliphatic heterocycles. The highest BCUT2D eigenvalue weighted by molar-refractivity contribution is 5.96. The van der Waals surface area contributed by atoms with E-state index in [1.807, 2.05) is 0 Å². The highest BCUT2D eigenvalue weighted by atomic mass is 19.4. The van der Waals surface area contributed by atoms with Gasteiger partial charge in [-0.05, 0) is 17.7 Å². The molecule has 4 nitrogen and oxygen atoms in total. The molecule has 1 heterocycles. The Balaban J connectivity index is 2.59. The molecule has 0 unspecified atom stereocenters. The first kappa shape index (κ1) is 14.8. The average molecular weight is 297 g/mol. The van der Waals surface area contributed by atoms with E-state index >= 15 is 0 Å². The third kappa shape index (κ3) is 3.13. The lowest BCUT2D eigenvalue weighted by Gasteiger charge is -2.11. The van der Waals surface area contributed by atoms with E-state index in [-0.39, 0.29) is 22.6 Å². The van der Waals surface area contributed by atoms with Crippen molar-refractivity contribution < 1.29 is 27.8 Å². The molecule has 0 saturated heterocycles. The van der Waals surface area contributed by atoms with Crippen molar-refractivity contribution in [2.45, 2.75) is 6.18 Å². The van der Waals surface area contributed by atoms with Gasteiger partial charge in [0.2, 0.25) is 5.88 Å². The number of pyridine rings is 1. The van der Waals surface area contributed by atoms with Crippen molar-refractivity contribution in [2.24, 2.45) is 0 Å². The molecular formula is C14H10F3NO3. The lowest BCUT2D eigenvalue weighted by Crippen LogP contribution is -2.06. The molecule has 0 spiro atoms. The predicted molar refractivity (Wildman–Crippen MR) is 68.2 cm³/mol.